The van der Waals surface area contributed by atoms with Crippen molar-refractivity contribution in [3.63, 3.8) is 0 Å². The van der Waals surface area contributed by atoms with E-state index in [-0.39, 0.29) is 18.7 Å². The fraction of sp³-hybridized carbons (Fsp3) is 0.600. The number of nitrogens with zero attached hydrogens (tertiary/aromatic N) is 1. The zero-order valence-electron chi connectivity index (χ0n) is 10.2. The number of carbonyl (C=O) groups excluding carboxylic acids is 1. The Morgan fingerprint density at radius 2 is 2.06 bits per heavy atom. The van der Waals surface area contributed by atoms with Gasteiger partial charge in [-0.15, -0.1) is 0 Å². The van der Waals surface area contributed by atoms with Gasteiger partial charge in [-0.2, -0.15) is 0 Å². The first-order valence-corrected chi connectivity index (χ1v) is 4.71. The second-order valence-electron chi connectivity index (χ2n) is 3.13. The van der Waals surface area contributed by atoms with Crippen molar-refractivity contribution in [1.82, 2.24) is 10.2 Å². The molecule has 0 saturated carbocycles. The molecule has 1 atom stereocenters. The molecule has 0 bridgehead atoms. The number of esters is 1. The number of nitrogens with one attached hydrogen (secondary N) is 1. The van der Waals surface area contributed by atoms with Crippen LogP contribution < -0.4 is 5.32 Å². The Morgan fingerprint density at radius 1 is 1.56 bits per heavy atom. The van der Waals surface area contributed by atoms with Gasteiger partial charge in [0.1, 0.15) is 0 Å². The minimum atomic E-state index is -0.822. The van der Waals surface area contributed by atoms with Gasteiger partial charge in [-0.05, 0) is 28.1 Å². The summed E-state index contributed by atoms with van der Waals surface area (Å²) in [5, 5.41) is 10.3. The van der Waals surface area contributed by atoms with Gasteiger partial charge in [0.05, 0.1) is 6.54 Å². The van der Waals surface area contributed by atoms with Crippen molar-refractivity contribution >= 4 is 11.9 Å². The second-order valence-corrected chi connectivity index (χ2v) is 3.13. The molecule has 0 saturated heterocycles. The lowest BCUT2D eigenvalue weighted by molar-refractivity contribution is -0.149. The fourth-order valence-corrected chi connectivity index (χ4v) is 0.473. The maximum absolute atomic E-state index is 10.6. The first-order chi connectivity index (χ1) is 7.34. The van der Waals surface area contributed by atoms with Crippen LogP contribution >= 0.6 is 0 Å². The lowest BCUT2D eigenvalue weighted by Gasteiger charge is -2.18. The standard InChI is InChI=1S/C7H13NO2.C3H7NO2/c1-5-7(9)10-6(2)8(3)4;1-4-2-3(5)6/h5-6H,1H2,2-4H3;4H,2H2,1H3,(H,5,6). The van der Waals surface area contributed by atoms with Crippen LogP contribution in [-0.4, -0.2) is 55.9 Å². The first kappa shape index (κ1) is 17.0. The van der Waals surface area contributed by atoms with Crippen molar-refractivity contribution in [2.75, 3.05) is 27.7 Å². The molecule has 0 fully saturated rings. The molecule has 94 valence electrons. The van der Waals surface area contributed by atoms with E-state index in [2.05, 4.69) is 11.9 Å². The maximum Gasteiger partial charge on any atom is 0.331 e. The number of rotatable bonds is 5. The van der Waals surface area contributed by atoms with Gasteiger partial charge in [0.2, 0.25) is 0 Å². The van der Waals surface area contributed by atoms with Gasteiger partial charge >= 0.3 is 11.9 Å². The summed E-state index contributed by atoms with van der Waals surface area (Å²) in [6.07, 6.45) is 0.963. The Labute approximate surface area is 95.9 Å². The number of aliphatic carboxylic acids is 1. The summed E-state index contributed by atoms with van der Waals surface area (Å²) in [6.45, 7) is 5.11. The number of carboxylic acids is 1. The largest absolute Gasteiger partial charge is 0.480 e. The van der Waals surface area contributed by atoms with Gasteiger partial charge in [-0.3, -0.25) is 9.69 Å². The summed E-state index contributed by atoms with van der Waals surface area (Å²) in [5.74, 6) is -1.21. The first-order valence-electron chi connectivity index (χ1n) is 4.71. The van der Waals surface area contributed by atoms with Crippen LogP contribution in [0.5, 0.6) is 0 Å². The SMILES string of the molecule is C=CC(=O)OC(C)N(C)C.CNCC(=O)O. The zero-order valence-corrected chi connectivity index (χ0v) is 10.2. The van der Waals surface area contributed by atoms with Gasteiger partial charge < -0.3 is 15.2 Å². The number of carboxylic acid groups (broad SMARTS) is 1. The van der Waals surface area contributed by atoms with Gasteiger partial charge in [0, 0.05) is 6.08 Å². The normalized spacial score (nSPS) is 11.1. The van der Waals surface area contributed by atoms with Crippen molar-refractivity contribution in [2.45, 2.75) is 13.2 Å². The molecule has 0 aliphatic heterocycles. The third-order valence-corrected chi connectivity index (χ3v) is 1.51. The van der Waals surface area contributed by atoms with Crippen LogP contribution in [0.25, 0.3) is 0 Å². The van der Waals surface area contributed by atoms with E-state index in [9.17, 15) is 9.59 Å². The topological polar surface area (TPSA) is 78.9 Å². The Bertz CT molecular complexity index is 229. The minimum Gasteiger partial charge on any atom is -0.480 e. The molecule has 0 amide bonds. The van der Waals surface area contributed by atoms with E-state index in [1.165, 1.54) is 0 Å². The van der Waals surface area contributed by atoms with Crippen molar-refractivity contribution in [3.05, 3.63) is 12.7 Å². The highest BCUT2D eigenvalue weighted by molar-refractivity contribution is 5.81. The molecule has 6 nitrogen and oxygen atoms in total. The molecule has 0 radical (unpaired) electrons. The maximum atomic E-state index is 10.6. The average Bonchev–Trinajstić information content (AvgIpc) is 2.18. The van der Waals surface area contributed by atoms with E-state index in [4.69, 9.17) is 9.84 Å². The lowest BCUT2D eigenvalue weighted by atomic mass is 10.6. The Hall–Kier alpha value is -1.40. The third-order valence-electron chi connectivity index (χ3n) is 1.51. The number of likely N-dealkylation sites (N-methyl/N-ethyl adjacent to an activating group) is 1. The van der Waals surface area contributed by atoms with Crippen LogP contribution in [0.4, 0.5) is 0 Å². The second kappa shape index (κ2) is 10.1. The predicted octanol–water partition coefficient (Wildman–Crippen LogP) is -0.0864. The summed E-state index contributed by atoms with van der Waals surface area (Å²) < 4.78 is 4.83. The van der Waals surface area contributed by atoms with Crippen LogP contribution in [-0.2, 0) is 14.3 Å². The fourth-order valence-electron chi connectivity index (χ4n) is 0.473. The Morgan fingerprint density at radius 3 is 2.25 bits per heavy atom. The summed E-state index contributed by atoms with van der Waals surface area (Å²) in [5.41, 5.74) is 0. The molecular weight excluding hydrogens is 212 g/mol. The molecule has 0 heterocycles. The van der Waals surface area contributed by atoms with Gasteiger partial charge in [0.25, 0.3) is 0 Å². The molecule has 0 rings (SSSR count). The number of carbonyl (C=O) groups is 2. The highest BCUT2D eigenvalue weighted by Crippen LogP contribution is 1.94. The average molecular weight is 232 g/mol. The van der Waals surface area contributed by atoms with Gasteiger partial charge in [-0.25, -0.2) is 4.79 Å². The molecule has 0 spiro atoms. The van der Waals surface area contributed by atoms with Crippen LogP contribution in [0.3, 0.4) is 0 Å². The summed E-state index contributed by atoms with van der Waals surface area (Å²) in [4.78, 5) is 21.9. The zero-order chi connectivity index (χ0) is 13.1. The van der Waals surface area contributed by atoms with E-state index in [1.807, 2.05) is 14.1 Å². The van der Waals surface area contributed by atoms with Crippen molar-refractivity contribution in [3.8, 4) is 0 Å². The molecule has 0 aliphatic rings. The molecule has 0 aliphatic carbocycles. The van der Waals surface area contributed by atoms with Crippen LogP contribution in [0.2, 0.25) is 0 Å². The van der Waals surface area contributed by atoms with E-state index in [1.54, 1.807) is 18.9 Å². The monoisotopic (exact) mass is 232 g/mol. The Kier molecular flexibility index (Phi) is 10.8. The quantitative estimate of drug-likeness (QED) is 0.392. The summed E-state index contributed by atoms with van der Waals surface area (Å²) >= 11 is 0. The molecular formula is C10H20N2O4. The third kappa shape index (κ3) is 12.6. The molecule has 16 heavy (non-hydrogen) atoms. The highest BCUT2D eigenvalue weighted by Gasteiger charge is 2.06. The summed E-state index contributed by atoms with van der Waals surface area (Å²) in [6, 6.07) is 0. The van der Waals surface area contributed by atoms with Gasteiger partial charge in [0.15, 0.2) is 6.23 Å². The van der Waals surface area contributed by atoms with E-state index in [0.717, 1.165) is 6.08 Å². The van der Waals surface area contributed by atoms with Crippen molar-refractivity contribution in [1.29, 1.82) is 0 Å². The molecule has 2 N–H and O–H groups in total. The molecule has 0 aromatic heterocycles. The van der Waals surface area contributed by atoms with Crippen molar-refractivity contribution < 1.29 is 19.4 Å². The number of hydrogen-bond donors (Lipinski definition) is 2. The van der Waals surface area contributed by atoms with Crippen LogP contribution in [0.15, 0.2) is 12.7 Å². The van der Waals surface area contributed by atoms with Crippen LogP contribution in [0, 0.1) is 0 Å². The van der Waals surface area contributed by atoms with Crippen molar-refractivity contribution in [2.24, 2.45) is 0 Å². The summed E-state index contributed by atoms with van der Waals surface area (Å²) in [7, 11) is 5.26. The van der Waals surface area contributed by atoms with E-state index in [0.29, 0.717) is 0 Å². The smallest absolute Gasteiger partial charge is 0.331 e. The van der Waals surface area contributed by atoms with Gasteiger partial charge in [-0.1, -0.05) is 6.58 Å². The molecule has 0 aromatic rings. The highest BCUT2D eigenvalue weighted by atomic mass is 16.6. The minimum absolute atomic E-state index is 0.0417. The molecule has 1 unspecified atom stereocenters. The molecule has 0 aromatic carbocycles. The van der Waals surface area contributed by atoms with Crippen LogP contribution in [0.1, 0.15) is 6.92 Å². The Balaban J connectivity index is 0. The van der Waals surface area contributed by atoms with E-state index < -0.39 is 5.97 Å². The van der Waals surface area contributed by atoms with E-state index >= 15 is 0 Å². The molecule has 6 heteroatoms. The lowest BCUT2D eigenvalue weighted by Crippen LogP contribution is -2.29. The predicted molar refractivity (Wildman–Crippen MR) is 61.0 cm³/mol. The number of hydrogen-bond acceptors (Lipinski definition) is 5. The number of ether oxygens (including phenoxy) is 1.